The Morgan fingerprint density at radius 2 is 1.57 bits per heavy atom. The summed E-state index contributed by atoms with van der Waals surface area (Å²) in [4.78, 5) is 0. The summed E-state index contributed by atoms with van der Waals surface area (Å²) in [5.41, 5.74) is 3.43. The first-order valence-corrected chi connectivity index (χ1v) is 6.76. The predicted octanol–water partition coefficient (Wildman–Crippen LogP) is 2.37. The number of aromatic nitrogens is 6. The van der Waals surface area contributed by atoms with Crippen LogP contribution in [-0.4, -0.2) is 29.4 Å². The van der Waals surface area contributed by atoms with Crippen molar-refractivity contribution < 1.29 is 0 Å². The first-order chi connectivity index (χ1) is 10.3. The van der Waals surface area contributed by atoms with E-state index in [0.717, 1.165) is 22.3 Å². The Hall–Kier alpha value is -2.67. The molecule has 0 aliphatic carbocycles. The number of nitrogens with zero attached hydrogens (tertiary/aromatic N) is 6. The maximum absolute atomic E-state index is 4.34. The molecule has 0 amide bonds. The van der Waals surface area contributed by atoms with Gasteiger partial charge in [-0.2, -0.15) is 8.77 Å². The van der Waals surface area contributed by atoms with Crippen molar-refractivity contribution in [2.45, 2.75) is 0 Å². The monoisotopic (exact) mass is 294 g/mol. The molecule has 0 N–H and O–H groups in total. The highest BCUT2D eigenvalue weighted by atomic mass is 32.1. The fourth-order valence-corrected chi connectivity index (χ4v) is 2.52. The average Bonchev–Trinajstić information content (AvgIpc) is 3.11. The van der Waals surface area contributed by atoms with E-state index < -0.39 is 0 Å². The van der Waals surface area contributed by atoms with Gasteiger partial charge in [0.15, 0.2) is 0 Å². The van der Waals surface area contributed by atoms with Crippen LogP contribution in [0.4, 0.5) is 0 Å². The minimum absolute atomic E-state index is 0.602. The third-order valence-corrected chi connectivity index (χ3v) is 3.52. The number of hydrogen-bond donors (Lipinski definition) is 1. The molecule has 102 valence electrons. The molecule has 4 rings (SSSR count). The molecule has 21 heavy (non-hydrogen) atoms. The molecular formula is C14H10N6S. The predicted molar refractivity (Wildman–Crippen MR) is 82.3 cm³/mol. The molecule has 0 saturated heterocycles. The van der Waals surface area contributed by atoms with Crippen molar-refractivity contribution in [2.24, 2.45) is 0 Å². The van der Waals surface area contributed by atoms with E-state index in [0.29, 0.717) is 5.82 Å². The molecule has 0 spiro atoms. The number of rotatable bonds is 2. The van der Waals surface area contributed by atoms with Gasteiger partial charge in [0, 0.05) is 5.56 Å². The molecule has 0 aliphatic heterocycles. The zero-order valence-corrected chi connectivity index (χ0v) is 11.7. The van der Waals surface area contributed by atoms with Gasteiger partial charge in [0.05, 0.1) is 5.52 Å². The van der Waals surface area contributed by atoms with Crippen LogP contribution < -0.4 is 0 Å². The lowest BCUT2D eigenvalue weighted by Gasteiger charge is -2.03. The quantitative estimate of drug-likeness (QED) is 0.577. The number of para-hydroxylation sites is 1. The Morgan fingerprint density at radius 1 is 0.810 bits per heavy atom. The highest BCUT2D eigenvalue weighted by molar-refractivity contribution is 7.78. The van der Waals surface area contributed by atoms with Crippen molar-refractivity contribution in [3.05, 3.63) is 54.6 Å². The van der Waals surface area contributed by atoms with Crippen LogP contribution in [0.15, 0.2) is 54.6 Å². The smallest absolute Gasteiger partial charge is 0.190 e. The third kappa shape index (κ3) is 1.90. The SMILES string of the molecule is Sn1nnc(-n2nnc3ccccc32)c1-c1ccccc1. The summed E-state index contributed by atoms with van der Waals surface area (Å²) in [5, 5.41) is 16.5. The summed E-state index contributed by atoms with van der Waals surface area (Å²) in [6, 6.07) is 17.6. The summed E-state index contributed by atoms with van der Waals surface area (Å²) < 4.78 is 3.12. The molecule has 6 nitrogen and oxygen atoms in total. The van der Waals surface area contributed by atoms with Crippen molar-refractivity contribution in [1.82, 2.24) is 29.4 Å². The summed E-state index contributed by atoms with van der Waals surface area (Å²) in [6.07, 6.45) is 0. The summed E-state index contributed by atoms with van der Waals surface area (Å²) in [6.45, 7) is 0. The van der Waals surface area contributed by atoms with Crippen LogP contribution in [0.5, 0.6) is 0 Å². The van der Waals surface area contributed by atoms with Gasteiger partial charge in [0.1, 0.15) is 11.2 Å². The van der Waals surface area contributed by atoms with Crippen LogP contribution >= 0.6 is 12.8 Å². The Morgan fingerprint density at radius 3 is 2.43 bits per heavy atom. The topological polar surface area (TPSA) is 61.4 Å². The lowest BCUT2D eigenvalue weighted by Crippen LogP contribution is -2.00. The van der Waals surface area contributed by atoms with Crippen LogP contribution in [-0.2, 0) is 0 Å². The maximum atomic E-state index is 4.34. The molecule has 0 bridgehead atoms. The first kappa shape index (κ1) is 12.1. The lowest BCUT2D eigenvalue weighted by atomic mass is 10.1. The molecule has 4 aromatic rings. The van der Waals surface area contributed by atoms with Crippen molar-refractivity contribution in [2.75, 3.05) is 0 Å². The van der Waals surface area contributed by atoms with Gasteiger partial charge >= 0.3 is 0 Å². The molecule has 2 aromatic carbocycles. The zero-order chi connectivity index (χ0) is 14.2. The van der Waals surface area contributed by atoms with Gasteiger partial charge < -0.3 is 0 Å². The number of hydrogen-bond acceptors (Lipinski definition) is 5. The van der Waals surface area contributed by atoms with Crippen LogP contribution in [0.1, 0.15) is 0 Å². The van der Waals surface area contributed by atoms with Crippen LogP contribution in [0, 0.1) is 0 Å². The van der Waals surface area contributed by atoms with Gasteiger partial charge in [-0.25, -0.2) is 0 Å². The van der Waals surface area contributed by atoms with Crippen molar-refractivity contribution in [1.29, 1.82) is 0 Å². The molecule has 2 aromatic heterocycles. The van der Waals surface area contributed by atoms with Crippen molar-refractivity contribution >= 4 is 23.8 Å². The normalized spacial score (nSPS) is 11.1. The van der Waals surface area contributed by atoms with Gasteiger partial charge in [-0.3, -0.25) is 0 Å². The fourth-order valence-electron chi connectivity index (χ4n) is 2.27. The van der Waals surface area contributed by atoms with Gasteiger partial charge in [0.2, 0.25) is 5.82 Å². The van der Waals surface area contributed by atoms with E-state index in [1.54, 1.807) is 4.68 Å². The van der Waals surface area contributed by atoms with E-state index in [4.69, 9.17) is 0 Å². The summed E-state index contributed by atoms with van der Waals surface area (Å²) in [5.74, 6) is 0.602. The Bertz CT molecular complexity index is 912. The molecule has 0 fully saturated rings. The Balaban J connectivity index is 1.98. The van der Waals surface area contributed by atoms with Crippen molar-refractivity contribution in [3.8, 4) is 17.1 Å². The van der Waals surface area contributed by atoms with Gasteiger partial charge in [-0.15, -0.1) is 10.2 Å². The van der Waals surface area contributed by atoms with E-state index in [1.165, 1.54) is 4.09 Å². The zero-order valence-electron chi connectivity index (χ0n) is 10.8. The fraction of sp³-hybridized carbons (Fsp3) is 0. The second-order valence-corrected chi connectivity index (χ2v) is 4.89. The lowest BCUT2D eigenvalue weighted by molar-refractivity contribution is 0.790. The molecule has 7 heteroatoms. The number of fused-ring (bicyclic) bond motifs is 1. The van der Waals surface area contributed by atoms with Crippen LogP contribution in [0.25, 0.3) is 28.1 Å². The number of benzene rings is 2. The first-order valence-electron chi connectivity index (χ1n) is 6.36. The summed E-state index contributed by atoms with van der Waals surface area (Å²) >= 11 is 4.34. The minimum Gasteiger partial charge on any atom is -0.190 e. The van der Waals surface area contributed by atoms with E-state index in [2.05, 4.69) is 33.4 Å². The van der Waals surface area contributed by atoms with Gasteiger partial charge in [0.25, 0.3) is 0 Å². The largest absolute Gasteiger partial charge is 0.206 e. The second kappa shape index (κ2) is 4.71. The Labute approximate surface area is 125 Å². The minimum atomic E-state index is 0.602. The third-order valence-electron chi connectivity index (χ3n) is 3.24. The summed E-state index contributed by atoms with van der Waals surface area (Å²) in [7, 11) is 0. The van der Waals surface area contributed by atoms with E-state index >= 15 is 0 Å². The van der Waals surface area contributed by atoms with Crippen LogP contribution in [0.3, 0.4) is 0 Å². The second-order valence-electron chi connectivity index (χ2n) is 4.51. The van der Waals surface area contributed by atoms with E-state index in [-0.39, 0.29) is 0 Å². The average molecular weight is 294 g/mol. The maximum Gasteiger partial charge on any atom is 0.206 e. The molecule has 0 atom stereocenters. The molecule has 0 radical (unpaired) electrons. The molecule has 0 saturated carbocycles. The molecule has 2 heterocycles. The molecular weight excluding hydrogens is 284 g/mol. The highest BCUT2D eigenvalue weighted by Gasteiger charge is 2.18. The van der Waals surface area contributed by atoms with Gasteiger partial charge in [-0.1, -0.05) is 52.9 Å². The standard InChI is InChI=1S/C14H10N6S/c21-20-13(10-6-2-1-3-7-10)14(16-18-20)19-12-9-5-4-8-11(12)15-17-19/h1-9,21H. The van der Waals surface area contributed by atoms with Crippen LogP contribution in [0.2, 0.25) is 0 Å². The van der Waals surface area contributed by atoms with E-state index in [1.807, 2.05) is 54.6 Å². The molecule has 0 aliphatic rings. The molecule has 0 unspecified atom stereocenters. The van der Waals surface area contributed by atoms with E-state index in [9.17, 15) is 0 Å². The number of thiol groups is 1. The van der Waals surface area contributed by atoms with Gasteiger partial charge in [-0.05, 0) is 24.9 Å². The Kier molecular flexibility index (Phi) is 2.71. The van der Waals surface area contributed by atoms with Crippen molar-refractivity contribution in [3.63, 3.8) is 0 Å². The highest BCUT2D eigenvalue weighted by Crippen LogP contribution is 2.26.